The van der Waals surface area contributed by atoms with Gasteiger partial charge >= 0.3 is 0 Å². The molecule has 1 aromatic carbocycles. The van der Waals surface area contributed by atoms with Crippen LogP contribution in [-0.2, 0) is 0 Å². The molecule has 1 aliphatic rings. The molecule has 0 aromatic heterocycles. The molecule has 0 radical (unpaired) electrons. The van der Waals surface area contributed by atoms with Crippen LogP contribution >= 0.6 is 36.4 Å². The number of halogens is 3. The van der Waals surface area contributed by atoms with Crippen LogP contribution in [0.15, 0.2) is 24.3 Å². The largest absolute Gasteiger partial charge is 0.489 e. The van der Waals surface area contributed by atoms with Crippen LogP contribution in [0.4, 0.5) is 0 Å². The Bertz CT molecular complexity index is 446. The maximum absolute atomic E-state index is 6.05. The van der Waals surface area contributed by atoms with E-state index in [1.54, 1.807) is 0 Å². The third-order valence-electron chi connectivity index (χ3n) is 4.22. The summed E-state index contributed by atoms with van der Waals surface area (Å²) in [5, 5.41) is 4.32. The van der Waals surface area contributed by atoms with E-state index >= 15 is 0 Å². The summed E-state index contributed by atoms with van der Waals surface area (Å²) in [7, 11) is 4.28. The summed E-state index contributed by atoms with van der Waals surface area (Å²) >= 11 is 6.01. The lowest BCUT2D eigenvalue weighted by Gasteiger charge is -2.34. The zero-order chi connectivity index (χ0) is 15.2. The van der Waals surface area contributed by atoms with E-state index in [2.05, 4.69) is 31.2 Å². The highest BCUT2D eigenvalue weighted by Crippen LogP contribution is 2.25. The van der Waals surface area contributed by atoms with Gasteiger partial charge in [-0.15, -0.1) is 24.8 Å². The molecule has 1 saturated heterocycles. The maximum atomic E-state index is 6.05. The van der Waals surface area contributed by atoms with Gasteiger partial charge in [-0.2, -0.15) is 0 Å². The van der Waals surface area contributed by atoms with Gasteiger partial charge in [0, 0.05) is 11.1 Å². The van der Waals surface area contributed by atoms with Crippen LogP contribution in [0, 0.1) is 5.92 Å². The Balaban J connectivity index is 0.00000242. The lowest BCUT2D eigenvalue weighted by molar-refractivity contribution is 0.129. The molecule has 134 valence electrons. The molecule has 0 saturated carbocycles. The molecular weight excluding hydrogens is 355 g/mol. The Morgan fingerprint density at radius 3 is 2.74 bits per heavy atom. The van der Waals surface area contributed by atoms with Crippen LogP contribution in [0.3, 0.4) is 0 Å². The number of rotatable bonds is 6. The quantitative estimate of drug-likeness (QED) is 0.794. The second kappa shape index (κ2) is 11.4. The molecule has 1 N–H and O–H groups in total. The third-order valence-corrected chi connectivity index (χ3v) is 4.45. The highest BCUT2D eigenvalue weighted by Gasteiger charge is 2.26. The number of hydrogen-bond acceptors (Lipinski definition) is 3. The molecule has 6 heteroatoms. The first kappa shape index (κ1) is 22.8. The minimum atomic E-state index is 0. The van der Waals surface area contributed by atoms with Crippen molar-refractivity contribution in [3.63, 3.8) is 0 Å². The van der Waals surface area contributed by atoms with Gasteiger partial charge in [-0.25, -0.2) is 0 Å². The zero-order valence-corrected chi connectivity index (χ0v) is 16.5. The first-order valence-corrected chi connectivity index (χ1v) is 8.22. The highest BCUT2D eigenvalue weighted by atomic mass is 35.5. The lowest BCUT2D eigenvalue weighted by Crippen LogP contribution is -2.47. The third kappa shape index (κ3) is 7.95. The highest BCUT2D eigenvalue weighted by molar-refractivity contribution is 6.30. The molecule has 1 heterocycles. The van der Waals surface area contributed by atoms with E-state index in [-0.39, 0.29) is 30.9 Å². The molecule has 2 rings (SSSR count). The Morgan fingerprint density at radius 2 is 2.09 bits per heavy atom. The first-order chi connectivity index (χ1) is 10.0. The number of hydrogen-bond donors (Lipinski definition) is 1. The van der Waals surface area contributed by atoms with Crippen LogP contribution in [0.2, 0.25) is 5.02 Å². The fraction of sp³-hybridized carbons (Fsp3) is 0.647. The van der Waals surface area contributed by atoms with Gasteiger partial charge in [-0.1, -0.05) is 17.7 Å². The van der Waals surface area contributed by atoms with Gasteiger partial charge in [0.1, 0.15) is 11.9 Å². The SMILES string of the molecule is CC(Oc1cccc(Cl)c1)C1CC(CCN(C)C)CCN1.Cl.Cl. The molecule has 1 aliphatic heterocycles. The standard InChI is InChI=1S/C17H27ClN2O.2ClH/c1-13(21-16-6-4-5-15(18)12-16)17-11-14(7-9-19-17)8-10-20(2)3;;/h4-6,12-14,17,19H,7-11H2,1-3H3;2*1H. The summed E-state index contributed by atoms with van der Waals surface area (Å²) in [6.07, 6.45) is 3.89. The number of nitrogens with one attached hydrogen (secondary N) is 1. The molecule has 23 heavy (non-hydrogen) atoms. The van der Waals surface area contributed by atoms with Crippen molar-refractivity contribution in [3.8, 4) is 5.75 Å². The predicted molar refractivity (Wildman–Crippen MR) is 104 cm³/mol. The van der Waals surface area contributed by atoms with E-state index in [9.17, 15) is 0 Å². The molecule has 3 atom stereocenters. The first-order valence-electron chi connectivity index (χ1n) is 7.85. The molecule has 0 aliphatic carbocycles. The van der Waals surface area contributed by atoms with Crippen molar-refractivity contribution in [2.45, 2.75) is 38.3 Å². The molecule has 1 aromatic rings. The molecule has 0 bridgehead atoms. The van der Waals surface area contributed by atoms with Crippen molar-refractivity contribution in [2.24, 2.45) is 5.92 Å². The monoisotopic (exact) mass is 382 g/mol. The summed E-state index contributed by atoms with van der Waals surface area (Å²) in [5.74, 6) is 1.65. The lowest BCUT2D eigenvalue weighted by atomic mass is 9.87. The minimum Gasteiger partial charge on any atom is -0.489 e. The van der Waals surface area contributed by atoms with E-state index in [0.29, 0.717) is 6.04 Å². The molecule has 3 nitrogen and oxygen atoms in total. The van der Waals surface area contributed by atoms with Gasteiger partial charge in [-0.05, 0) is 77.5 Å². The van der Waals surface area contributed by atoms with Crippen LogP contribution in [-0.4, -0.2) is 44.2 Å². The molecule has 0 spiro atoms. The van der Waals surface area contributed by atoms with Crippen LogP contribution in [0.25, 0.3) is 0 Å². The predicted octanol–water partition coefficient (Wildman–Crippen LogP) is 4.27. The Morgan fingerprint density at radius 1 is 1.35 bits per heavy atom. The van der Waals surface area contributed by atoms with E-state index < -0.39 is 0 Å². The Labute approximate surface area is 157 Å². The molecular formula is C17H29Cl3N2O. The van der Waals surface area contributed by atoms with Crippen molar-refractivity contribution in [3.05, 3.63) is 29.3 Å². The maximum Gasteiger partial charge on any atom is 0.121 e. The van der Waals surface area contributed by atoms with Gasteiger partial charge < -0.3 is 15.0 Å². The fourth-order valence-electron chi connectivity index (χ4n) is 2.93. The summed E-state index contributed by atoms with van der Waals surface area (Å²) in [5.41, 5.74) is 0. The van der Waals surface area contributed by atoms with Crippen molar-refractivity contribution >= 4 is 36.4 Å². The Hall–Kier alpha value is -0.190. The summed E-state index contributed by atoms with van der Waals surface area (Å²) in [6.45, 7) is 4.40. The minimum absolute atomic E-state index is 0. The van der Waals surface area contributed by atoms with Crippen LogP contribution < -0.4 is 10.1 Å². The summed E-state index contributed by atoms with van der Waals surface area (Å²) in [4.78, 5) is 2.27. The topological polar surface area (TPSA) is 24.5 Å². The average molecular weight is 384 g/mol. The summed E-state index contributed by atoms with van der Waals surface area (Å²) in [6, 6.07) is 8.07. The van der Waals surface area contributed by atoms with Crippen LogP contribution in [0.5, 0.6) is 5.75 Å². The smallest absolute Gasteiger partial charge is 0.121 e. The number of nitrogens with zero attached hydrogens (tertiary/aromatic N) is 1. The van der Waals surface area contributed by atoms with Gasteiger partial charge in [0.05, 0.1) is 0 Å². The van der Waals surface area contributed by atoms with Crippen molar-refractivity contribution in [2.75, 3.05) is 27.2 Å². The second-order valence-corrected chi connectivity index (χ2v) is 6.76. The van der Waals surface area contributed by atoms with E-state index in [4.69, 9.17) is 16.3 Å². The number of ether oxygens (including phenoxy) is 1. The van der Waals surface area contributed by atoms with E-state index in [1.807, 2.05) is 24.3 Å². The number of piperidine rings is 1. The molecule has 1 fully saturated rings. The average Bonchev–Trinajstić information content (AvgIpc) is 2.45. The number of benzene rings is 1. The van der Waals surface area contributed by atoms with E-state index in [0.717, 1.165) is 23.2 Å². The molecule has 3 unspecified atom stereocenters. The zero-order valence-electron chi connectivity index (χ0n) is 14.1. The van der Waals surface area contributed by atoms with Gasteiger partial charge in [-0.3, -0.25) is 0 Å². The van der Waals surface area contributed by atoms with E-state index in [1.165, 1.54) is 25.8 Å². The van der Waals surface area contributed by atoms with Gasteiger partial charge in [0.2, 0.25) is 0 Å². The summed E-state index contributed by atoms with van der Waals surface area (Å²) < 4.78 is 6.05. The normalized spacial score (nSPS) is 22.0. The second-order valence-electron chi connectivity index (χ2n) is 6.32. The van der Waals surface area contributed by atoms with Crippen molar-refractivity contribution in [1.82, 2.24) is 10.2 Å². The van der Waals surface area contributed by atoms with Gasteiger partial charge in [0.15, 0.2) is 0 Å². The van der Waals surface area contributed by atoms with Crippen LogP contribution in [0.1, 0.15) is 26.2 Å². The van der Waals surface area contributed by atoms with Crippen molar-refractivity contribution in [1.29, 1.82) is 0 Å². The fourth-order valence-corrected chi connectivity index (χ4v) is 3.11. The van der Waals surface area contributed by atoms with Gasteiger partial charge in [0.25, 0.3) is 0 Å². The van der Waals surface area contributed by atoms with Crippen molar-refractivity contribution < 1.29 is 4.74 Å². The Kier molecular flexibility index (Phi) is 11.3. The molecule has 0 amide bonds.